The predicted octanol–water partition coefficient (Wildman–Crippen LogP) is 4.20. The van der Waals surface area contributed by atoms with E-state index in [-0.39, 0.29) is 5.28 Å². The van der Waals surface area contributed by atoms with Crippen molar-refractivity contribution in [3.63, 3.8) is 0 Å². The van der Waals surface area contributed by atoms with E-state index < -0.39 is 0 Å². The van der Waals surface area contributed by atoms with E-state index in [9.17, 15) is 0 Å². The standard InChI is InChI=1S/C16H14ClN3/c1-11-7-8-14-13(9-11)15(20-16(17)19-14)18-10-12-5-3-2-4-6-12/h2-9H,10H2,1H3,(H,18,19,20). The maximum atomic E-state index is 5.98. The van der Waals surface area contributed by atoms with E-state index in [2.05, 4.69) is 40.4 Å². The Labute approximate surface area is 122 Å². The third-order valence-electron chi connectivity index (χ3n) is 3.13. The molecule has 0 amide bonds. The van der Waals surface area contributed by atoms with Crippen molar-refractivity contribution in [1.82, 2.24) is 9.97 Å². The van der Waals surface area contributed by atoms with E-state index in [4.69, 9.17) is 11.6 Å². The fraction of sp³-hybridized carbons (Fsp3) is 0.125. The molecule has 1 N–H and O–H groups in total. The molecule has 0 aliphatic rings. The van der Waals surface area contributed by atoms with Crippen LogP contribution in [0.2, 0.25) is 5.28 Å². The SMILES string of the molecule is Cc1ccc2nc(Cl)nc(NCc3ccccc3)c2c1. The van der Waals surface area contributed by atoms with Crippen LogP contribution in [0, 0.1) is 6.92 Å². The second kappa shape index (κ2) is 5.47. The topological polar surface area (TPSA) is 37.8 Å². The van der Waals surface area contributed by atoms with Gasteiger partial charge in [0.25, 0.3) is 0 Å². The van der Waals surface area contributed by atoms with Crippen molar-refractivity contribution in [3.8, 4) is 0 Å². The van der Waals surface area contributed by atoms with Crippen molar-refractivity contribution in [2.45, 2.75) is 13.5 Å². The van der Waals surface area contributed by atoms with Crippen LogP contribution in [0.4, 0.5) is 5.82 Å². The Kier molecular flexibility index (Phi) is 3.52. The van der Waals surface area contributed by atoms with Gasteiger partial charge in [-0.15, -0.1) is 0 Å². The minimum Gasteiger partial charge on any atom is -0.365 e. The average Bonchev–Trinajstić information content (AvgIpc) is 2.46. The van der Waals surface area contributed by atoms with Crippen LogP contribution < -0.4 is 5.32 Å². The summed E-state index contributed by atoms with van der Waals surface area (Å²) in [6.45, 7) is 2.76. The molecule has 100 valence electrons. The molecule has 3 nitrogen and oxygen atoms in total. The third-order valence-corrected chi connectivity index (χ3v) is 3.30. The molecule has 3 aromatic rings. The molecule has 0 aliphatic heterocycles. The van der Waals surface area contributed by atoms with Gasteiger partial charge in [0.05, 0.1) is 5.52 Å². The third kappa shape index (κ3) is 2.73. The van der Waals surface area contributed by atoms with Crippen molar-refractivity contribution in [2.24, 2.45) is 0 Å². The Balaban J connectivity index is 1.96. The first-order chi connectivity index (χ1) is 9.72. The lowest BCUT2D eigenvalue weighted by molar-refractivity contribution is 1.10. The van der Waals surface area contributed by atoms with Gasteiger partial charge in [-0.05, 0) is 36.2 Å². The van der Waals surface area contributed by atoms with Gasteiger partial charge in [-0.25, -0.2) is 9.97 Å². The highest BCUT2D eigenvalue weighted by Gasteiger charge is 2.06. The van der Waals surface area contributed by atoms with Crippen molar-refractivity contribution in [2.75, 3.05) is 5.32 Å². The summed E-state index contributed by atoms with van der Waals surface area (Å²) >= 11 is 5.98. The fourth-order valence-corrected chi connectivity index (χ4v) is 2.31. The van der Waals surface area contributed by atoms with Gasteiger partial charge in [-0.1, -0.05) is 42.0 Å². The highest BCUT2D eigenvalue weighted by atomic mass is 35.5. The summed E-state index contributed by atoms with van der Waals surface area (Å²) in [7, 11) is 0. The lowest BCUT2D eigenvalue weighted by Crippen LogP contribution is -2.03. The Morgan fingerprint density at radius 1 is 1.05 bits per heavy atom. The summed E-state index contributed by atoms with van der Waals surface area (Å²) in [4.78, 5) is 8.55. The number of hydrogen-bond donors (Lipinski definition) is 1. The molecule has 1 heterocycles. The van der Waals surface area contributed by atoms with Crippen LogP contribution in [0.5, 0.6) is 0 Å². The largest absolute Gasteiger partial charge is 0.365 e. The number of nitrogens with zero attached hydrogens (tertiary/aromatic N) is 2. The number of halogens is 1. The first-order valence-electron chi connectivity index (χ1n) is 6.44. The minimum absolute atomic E-state index is 0.261. The molecule has 0 unspecified atom stereocenters. The zero-order valence-corrected chi connectivity index (χ0v) is 11.9. The molecule has 0 atom stereocenters. The summed E-state index contributed by atoms with van der Waals surface area (Å²) in [5.41, 5.74) is 3.22. The molecular formula is C16H14ClN3. The van der Waals surface area contributed by atoms with Gasteiger partial charge in [-0.3, -0.25) is 0 Å². The molecular weight excluding hydrogens is 270 g/mol. The first kappa shape index (κ1) is 12.9. The van der Waals surface area contributed by atoms with Gasteiger partial charge in [-0.2, -0.15) is 0 Å². The maximum Gasteiger partial charge on any atom is 0.224 e. The first-order valence-corrected chi connectivity index (χ1v) is 6.82. The van der Waals surface area contributed by atoms with Crippen LogP contribution in [0.15, 0.2) is 48.5 Å². The maximum absolute atomic E-state index is 5.98. The van der Waals surface area contributed by atoms with Crippen LogP contribution in [-0.2, 0) is 6.54 Å². The van der Waals surface area contributed by atoms with E-state index in [1.165, 1.54) is 11.1 Å². The minimum atomic E-state index is 0.261. The molecule has 4 heteroatoms. The van der Waals surface area contributed by atoms with E-state index in [1.807, 2.05) is 30.3 Å². The fourth-order valence-electron chi connectivity index (χ4n) is 2.13. The summed E-state index contributed by atoms with van der Waals surface area (Å²) < 4.78 is 0. The molecule has 0 fully saturated rings. The van der Waals surface area contributed by atoms with Crippen LogP contribution in [-0.4, -0.2) is 9.97 Å². The number of anilines is 1. The molecule has 0 aliphatic carbocycles. The predicted molar refractivity (Wildman–Crippen MR) is 83.1 cm³/mol. The number of benzene rings is 2. The lowest BCUT2D eigenvalue weighted by Gasteiger charge is -2.09. The summed E-state index contributed by atoms with van der Waals surface area (Å²) in [6.07, 6.45) is 0. The second-order valence-electron chi connectivity index (χ2n) is 4.70. The lowest BCUT2D eigenvalue weighted by atomic mass is 10.1. The molecule has 0 spiro atoms. The van der Waals surface area contributed by atoms with Gasteiger partial charge >= 0.3 is 0 Å². The summed E-state index contributed by atoms with van der Waals surface area (Å²) in [5.74, 6) is 0.771. The summed E-state index contributed by atoms with van der Waals surface area (Å²) in [5, 5.41) is 4.59. The number of aryl methyl sites for hydroxylation is 1. The molecule has 20 heavy (non-hydrogen) atoms. The average molecular weight is 284 g/mol. The van der Waals surface area contributed by atoms with Gasteiger partial charge in [0.1, 0.15) is 5.82 Å². The normalized spacial score (nSPS) is 10.7. The Hall–Kier alpha value is -2.13. The molecule has 1 aromatic heterocycles. The van der Waals surface area contributed by atoms with Crippen LogP contribution in [0.25, 0.3) is 10.9 Å². The number of nitrogens with one attached hydrogen (secondary N) is 1. The van der Waals surface area contributed by atoms with Crippen LogP contribution >= 0.6 is 11.6 Å². The van der Waals surface area contributed by atoms with Gasteiger partial charge in [0.15, 0.2) is 0 Å². The monoisotopic (exact) mass is 283 g/mol. The highest BCUT2D eigenvalue weighted by molar-refractivity contribution is 6.28. The Morgan fingerprint density at radius 3 is 2.65 bits per heavy atom. The Bertz CT molecular complexity index is 741. The zero-order chi connectivity index (χ0) is 13.9. The molecule has 0 radical (unpaired) electrons. The van der Waals surface area contributed by atoms with Crippen LogP contribution in [0.1, 0.15) is 11.1 Å². The van der Waals surface area contributed by atoms with E-state index in [1.54, 1.807) is 0 Å². The van der Waals surface area contributed by atoms with Gasteiger partial charge in [0.2, 0.25) is 5.28 Å². The van der Waals surface area contributed by atoms with E-state index in [0.717, 1.165) is 16.7 Å². The van der Waals surface area contributed by atoms with Crippen LogP contribution in [0.3, 0.4) is 0 Å². The van der Waals surface area contributed by atoms with Gasteiger partial charge in [0, 0.05) is 11.9 Å². The molecule has 0 bridgehead atoms. The summed E-state index contributed by atoms with van der Waals surface area (Å²) in [6, 6.07) is 16.2. The highest BCUT2D eigenvalue weighted by Crippen LogP contribution is 2.23. The van der Waals surface area contributed by atoms with Crippen molar-refractivity contribution in [3.05, 3.63) is 64.9 Å². The van der Waals surface area contributed by atoms with Crippen molar-refractivity contribution >= 4 is 28.3 Å². The number of hydrogen-bond acceptors (Lipinski definition) is 3. The van der Waals surface area contributed by atoms with Crippen molar-refractivity contribution in [1.29, 1.82) is 0 Å². The molecule has 2 aromatic carbocycles. The molecule has 0 saturated heterocycles. The second-order valence-corrected chi connectivity index (χ2v) is 5.04. The number of rotatable bonds is 3. The van der Waals surface area contributed by atoms with E-state index in [0.29, 0.717) is 6.54 Å². The Morgan fingerprint density at radius 2 is 1.85 bits per heavy atom. The van der Waals surface area contributed by atoms with Gasteiger partial charge < -0.3 is 5.32 Å². The molecule has 0 saturated carbocycles. The number of fused-ring (bicyclic) bond motifs is 1. The quantitative estimate of drug-likeness (QED) is 0.732. The molecule has 3 rings (SSSR count). The van der Waals surface area contributed by atoms with Crippen molar-refractivity contribution < 1.29 is 0 Å². The zero-order valence-electron chi connectivity index (χ0n) is 11.1. The van der Waals surface area contributed by atoms with E-state index >= 15 is 0 Å². The smallest absolute Gasteiger partial charge is 0.224 e. The number of aromatic nitrogens is 2.